The largest absolute Gasteiger partial charge is 0.373 e. The Kier molecular flexibility index (Phi) is 4.27. The van der Waals surface area contributed by atoms with Gasteiger partial charge < -0.3 is 9.64 Å². The Bertz CT molecular complexity index is 766. The van der Waals surface area contributed by atoms with E-state index in [1.54, 1.807) is 18.7 Å². The summed E-state index contributed by atoms with van der Waals surface area (Å²) in [6.07, 6.45) is -0.0773. The van der Waals surface area contributed by atoms with Gasteiger partial charge in [0.25, 0.3) is 0 Å². The molecular formula is C15H22N6O3. The van der Waals surface area contributed by atoms with E-state index in [9.17, 15) is 10.1 Å². The molecule has 9 heteroatoms. The lowest BCUT2D eigenvalue weighted by Gasteiger charge is -2.33. The Hall–Kier alpha value is -2.42. The first-order valence-electron chi connectivity index (χ1n) is 7.92. The van der Waals surface area contributed by atoms with Crippen LogP contribution < -0.4 is 4.90 Å². The lowest BCUT2D eigenvalue weighted by molar-refractivity contribution is -0.384. The Morgan fingerprint density at radius 1 is 1.38 bits per heavy atom. The van der Waals surface area contributed by atoms with Crippen molar-refractivity contribution in [2.24, 2.45) is 7.05 Å². The van der Waals surface area contributed by atoms with E-state index in [0.29, 0.717) is 37.8 Å². The zero-order valence-electron chi connectivity index (χ0n) is 14.4. The predicted molar refractivity (Wildman–Crippen MR) is 88.3 cm³/mol. The molecule has 0 amide bonds. The minimum atomic E-state index is -0.358. The van der Waals surface area contributed by atoms with Crippen LogP contribution in [0.15, 0.2) is 6.07 Å². The van der Waals surface area contributed by atoms with E-state index in [0.717, 1.165) is 11.4 Å². The fourth-order valence-corrected chi connectivity index (χ4v) is 3.28. The Morgan fingerprint density at radius 3 is 2.75 bits per heavy atom. The lowest BCUT2D eigenvalue weighted by Crippen LogP contribution is -2.45. The molecule has 1 unspecified atom stereocenters. The molecule has 0 bridgehead atoms. The van der Waals surface area contributed by atoms with Crippen molar-refractivity contribution in [2.75, 3.05) is 24.6 Å². The fraction of sp³-hybridized carbons (Fsp3) is 0.600. The van der Waals surface area contributed by atoms with Crippen molar-refractivity contribution >= 4 is 11.5 Å². The van der Waals surface area contributed by atoms with Crippen LogP contribution in [0, 0.1) is 30.9 Å². The maximum absolute atomic E-state index is 11.4. The minimum Gasteiger partial charge on any atom is -0.373 e. The van der Waals surface area contributed by atoms with Crippen LogP contribution in [0.3, 0.4) is 0 Å². The molecule has 1 fully saturated rings. The number of aromatic nitrogens is 4. The molecular weight excluding hydrogens is 312 g/mol. The van der Waals surface area contributed by atoms with Crippen LogP contribution >= 0.6 is 0 Å². The number of aryl methyl sites for hydroxylation is 4. The van der Waals surface area contributed by atoms with Crippen LogP contribution in [0.5, 0.6) is 0 Å². The van der Waals surface area contributed by atoms with Crippen LogP contribution in [-0.2, 0) is 18.3 Å². The summed E-state index contributed by atoms with van der Waals surface area (Å²) in [7, 11) is 1.74. The van der Waals surface area contributed by atoms with Crippen LogP contribution in [0.2, 0.25) is 0 Å². The highest BCUT2D eigenvalue weighted by Gasteiger charge is 2.32. The number of hydrogen-bond donors (Lipinski definition) is 0. The van der Waals surface area contributed by atoms with Gasteiger partial charge in [-0.2, -0.15) is 10.2 Å². The van der Waals surface area contributed by atoms with Crippen molar-refractivity contribution in [1.82, 2.24) is 19.6 Å². The molecule has 0 radical (unpaired) electrons. The van der Waals surface area contributed by atoms with E-state index in [4.69, 9.17) is 4.74 Å². The van der Waals surface area contributed by atoms with Crippen LogP contribution in [0.1, 0.15) is 17.1 Å². The van der Waals surface area contributed by atoms with E-state index in [1.165, 1.54) is 0 Å². The van der Waals surface area contributed by atoms with Gasteiger partial charge in [-0.25, -0.2) is 4.68 Å². The summed E-state index contributed by atoms with van der Waals surface area (Å²) in [6.45, 7) is 7.95. The van der Waals surface area contributed by atoms with Crippen molar-refractivity contribution in [2.45, 2.75) is 33.4 Å². The van der Waals surface area contributed by atoms with Gasteiger partial charge in [-0.15, -0.1) is 0 Å². The molecule has 2 aromatic heterocycles. The summed E-state index contributed by atoms with van der Waals surface area (Å²) in [4.78, 5) is 13.0. The van der Waals surface area contributed by atoms with Gasteiger partial charge in [0.1, 0.15) is 5.69 Å². The maximum atomic E-state index is 11.4. The normalized spacial score (nSPS) is 18.2. The molecule has 130 valence electrons. The molecule has 0 saturated carbocycles. The summed E-state index contributed by atoms with van der Waals surface area (Å²) in [6, 6.07) is 2.02. The number of morpholine rings is 1. The number of nitro groups is 1. The highest BCUT2D eigenvalue weighted by molar-refractivity contribution is 5.61. The van der Waals surface area contributed by atoms with E-state index in [1.807, 2.05) is 29.5 Å². The highest BCUT2D eigenvalue weighted by atomic mass is 16.6. The SMILES string of the molecule is Cc1cc(C)n(CC2CN(c3c([N+](=O)[O-])c(C)nn3C)CCO2)n1. The Morgan fingerprint density at radius 2 is 2.12 bits per heavy atom. The third-order valence-corrected chi connectivity index (χ3v) is 4.26. The molecule has 0 spiro atoms. The zero-order chi connectivity index (χ0) is 17.4. The van der Waals surface area contributed by atoms with E-state index in [-0.39, 0.29) is 16.7 Å². The molecule has 3 rings (SSSR count). The molecule has 0 N–H and O–H groups in total. The lowest BCUT2D eigenvalue weighted by atomic mass is 10.2. The highest BCUT2D eigenvalue weighted by Crippen LogP contribution is 2.32. The van der Waals surface area contributed by atoms with Crippen molar-refractivity contribution < 1.29 is 9.66 Å². The van der Waals surface area contributed by atoms with E-state index < -0.39 is 0 Å². The van der Waals surface area contributed by atoms with E-state index >= 15 is 0 Å². The second-order valence-corrected chi connectivity index (χ2v) is 6.19. The molecule has 9 nitrogen and oxygen atoms in total. The number of hydrogen-bond acceptors (Lipinski definition) is 6. The Balaban J connectivity index is 1.81. The van der Waals surface area contributed by atoms with Crippen molar-refractivity contribution in [3.63, 3.8) is 0 Å². The minimum absolute atomic E-state index is 0.0734. The molecule has 0 aromatic carbocycles. The topological polar surface area (TPSA) is 91.2 Å². The third kappa shape index (κ3) is 2.99. The molecule has 3 heterocycles. The summed E-state index contributed by atoms with van der Waals surface area (Å²) in [5.74, 6) is 0.541. The predicted octanol–water partition coefficient (Wildman–Crippen LogP) is 1.36. The molecule has 1 saturated heterocycles. The first kappa shape index (κ1) is 16.4. The number of rotatable bonds is 4. The zero-order valence-corrected chi connectivity index (χ0v) is 14.4. The monoisotopic (exact) mass is 334 g/mol. The smallest absolute Gasteiger partial charge is 0.333 e. The Labute approximate surface area is 140 Å². The first-order chi connectivity index (χ1) is 11.4. The van der Waals surface area contributed by atoms with Gasteiger partial charge in [0, 0.05) is 25.8 Å². The van der Waals surface area contributed by atoms with Gasteiger partial charge in [0.2, 0.25) is 5.82 Å². The molecule has 2 aromatic rings. The third-order valence-electron chi connectivity index (χ3n) is 4.26. The summed E-state index contributed by atoms with van der Waals surface area (Å²) in [5, 5.41) is 20.1. The number of ether oxygens (including phenoxy) is 1. The van der Waals surface area contributed by atoms with E-state index in [2.05, 4.69) is 10.2 Å². The van der Waals surface area contributed by atoms with Gasteiger partial charge in [0.05, 0.1) is 29.9 Å². The average molecular weight is 334 g/mol. The van der Waals surface area contributed by atoms with Gasteiger partial charge in [0.15, 0.2) is 0 Å². The van der Waals surface area contributed by atoms with Crippen LogP contribution in [-0.4, -0.2) is 50.3 Å². The molecule has 0 aliphatic carbocycles. The first-order valence-corrected chi connectivity index (χ1v) is 7.92. The molecule has 24 heavy (non-hydrogen) atoms. The maximum Gasteiger partial charge on any atom is 0.333 e. The second kappa shape index (κ2) is 6.23. The molecule has 1 atom stereocenters. The average Bonchev–Trinajstić information content (AvgIpc) is 2.97. The standard InChI is InChI=1S/C15H22N6O3/c1-10-7-11(2)20(16-10)9-13-8-19(5-6-24-13)15-14(21(22)23)12(3)17-18(15)4/h7,13H,5-6,8-9H2,1-4H3. The van der Waals surface area contributed by atoms with Gasteiger partial charge >= 0.3 is 5.69 Å². The molecule has 1 aliphatic heterocycles. The summed E-state index contributed by atoms with van der Waals surface area (Å²) in [5.41, 5.74) is 2.55. The molecule has 1 aliphatic rings. The second-order valence-electron chi connectivity index (χ2n) is 6.19. The number of nitrogens with zero attached hydrogens (tertiary/aromatic N) is 6. The summed E-state index contributed by atoms with van der Waals surface area (Å²) >= 11 is 0. The number of anilines is 1. The van der Waals surface area contributed by atoms with Crippen LogP contribution in [0.25, 0.3) is 0 Å². The van der Waals surface area contributed by atoms with Gasteiger partial charge in [-0.1, -0.05) is 0 Å². The van der Waals surface area contributed by atoms with Crippen molar-refractivity contribution in [3.8, 4) is 0 Å². The van der Waals surface area contributed by atoms with Crippen LogP contribution in [0.4, 0.5) is 11.5 Å². The fourth-order valence-electron chi connectivity index (χ4n) is 3.28. The van der Waals surface area contributed by atoms with Gasteiger partial charge in [-0.3, -0.25) is 14.8 Å². The quantitative estimate of drug-likeness (QED) is 0.619. The van der Waals surface area contributed by atoms with Gasteiger partial charge in [-0.05, 0) is 26.8 Å². The van der Waals surface area contributed by atoms with Crippen molar-refractivity contribution in [1.29, 1.82) is 0 Å². The van der Waals surface area contributed by atoms with Crippen molar-refractivity contribution in [3.05, 3.63) is 33.3 Å². The summed E-state index contributed by atoms with van der Waals surface area (Å²) < 4.78 is 9.35.